The second kappa shape index (κ2) is 8.13. The van der Waals surface area contributed by atoms with Gasteiger partial charge in [-0.25, -0.2) is 0 Å². The maximum atomic E-state index is 5.94. The number of benzene rings is 1. The predicted octanol–water partition coefficient (Wildman–Crippen LogP) is 3.34. The highest BCUT2D eigenvalue weighted by Crippen LogP contribution is 2.26. The third-order valence-corrected chi connectivity index (χ3v) is 3.83. The molecule has 1 aliphatic rings. The summed E-state index contributed by atoms with van der Waals surface area (Å²) in [6.45, 7) is 8.57. The van der Waals surface area contributed by atoms with Crippen LogP contribution in [-0.2, 0) is 0 Å². The molecule has 1 heterocycles. The molecule has 0 unspecified atom stereocenters. The van der Waals surface area contributed by atoms with Crippen LogP contribution in [-0.4, -0.2) is 37.2 Å². The third-order valence-electron chi connectivity index (χ3n) is 3.83. The van der Waals surface area contributed by atoms with Crippen molar-refractivity contribution in [3.63, 3.8) is 0 Å². The van der Waals surface area contributed by atoms with E-state index in [0.29, 0.717) is 5.69 Å². The molecule has 3 N–H and O–H groups in total. The van der Waals surface area contributed by atoms with E-state index < -0.39 is 0 Å². The van der Waals surface area contributed by atoms with Gasteiger partial charge in [-0.3, -0.25) is 0 Å². The zero-order valence-electron chi connectivity index (χ0n) is 13.4. The lowest BCUT2D eigenvalue weighted by atomic mass is 10.2. The van der Waals surface area contributed by atoms with E-state index in [1.165, 1.54) is 38.8 Å². The van der Waals surface area contributed by atoms with Crippen LogP contribution in [0.15, 0.2) is 18.2 Å². The summed E-state index contributed by atoms with van der Waals surface area (Å²) in [6.07, 6.45) is 5.59. The van der Waals surface area contributed by atoms with Gasteiger partial charge in [-0.05, 0) is 51.9 Å². The lowest BCUT2D eigenvalue weighted by Crippen LogP contribution is -2.29. The van der Waals surface area contributed by atoms with Gasteiger partial charge in [0.25, 0.3) is 0 Å². The molecule has 1 aromatic carbocycles. The Bertz CT molecular complexity index is 426. The van der Waals surface area contributed by atoms with E-state index in [2.05, 4.69) is 10.2 Å². The molecule has 0 bridgehead atoms. The number of hydrogen-bond acceptors (Lipinski definition) is 4. The number of ether oxygens (including phenoxy) is 1. The molecule has 0 spiro atoms. The van der Waals surface area contributed by atoms with Gasteiger partial charge in [-0.1, -0.05) is 12.8 Å². The summed E-state index contributed by atoms with van der Waals surface area (Å²) in [5.41, 5.74) is 7.71. The summed E-state index contributed by atoms with van der Waals surface area (Å²) in [5.74, 6) is 0.768. The number of anilines is 2. The monoisotopic (exact) mass is 291 g/mol. The number of nitrogens with zero attached hydrogens (tertiary/aromatic N) is 1. The van der Waals surface area contributed by atoms with Crippen molar-refractivity contribution in [2.45, 2.75) is 45.6 Å². The molecule has 0 aromatic heterocycles. The highest BCUT2D eigenvalue weighted by Gasteiger charge is 2.09. The molecule has 118 valence electrons. The third kappa shape index (κ3) is 5.46. The standard InChI is InChI=1S/C17H29N3O/c1-14(2)21-17-13-15(7-8-16(17)18)19-9-12-20-10-5-3-4-6-11-20/h7-8,13-14,19H,3-6,9-12,18H2,1-2H3. The minimum atomic E-state index is 0.139. The molecule has 0 amide bonds. The molecule has 21 heavy (non-hydrogen) atoms. The first-order valence-electron chi connectivity index (χ1n) is 8.17. The van der Waals surface area contributed by atoms with E-state index in [1.54, 1.807) is 0 Å². The van der Waals surface area contributed by atoms with Crippen LogP contribution in [0, 0.1) is 0 Å². The first-order chi connectivity index (χ1) is 10.1. The van der Waals surface area contributed by atoms with Gasteiger partial charge in [0.2, 0.25) is 0 Å². The van der Waals surface area contributed by atoms with Crippen molar-refractivity contribution in [1.29, 1.82) is 0 Å². The molecule has 1 aromatic rings. The molecule has 2 rings (SSSR count). The maximum absolute atomic E-state index is 5.94. The van der Waals surface area contributed by atoms with Crippen LogP contribution in [0.25, 0.3) is 0 Å². The van der Waals surface area contributed by atoms with Crippen molar-refractivity contribution < 1.29 is 4.74 Å². The predicted molar refractivity (Wildman–Crippen MR) is 90.0 cm³/mol. The van der Waals surface area contributed by atoms with E-state index in [1.807, 2.05) is 32.0 Å². The number of rotatable bonds is 6. The molecule has 0 aliphatic carbocycles. The highest BCUT2D eigenvalue weighted by atomic mass is 16.5. The van der Waals surface area contributed by atoms with Gasteiger partial charge < -0.3 is 20.7 Å². The molecule has 4 heteroatoms. The average Bonchev–Trinajstić information content (AvgIpc) is 2.70. The SMILES string of the molecule is CC(C)Oc1cc(NCCN2CCCCCC2)ccc1N. The lowest BCUT2D eigenvalue weighted by molar-refractivity contribution is 0.244. The van der Waals surface area contributed by atoms with Crippen LogP contribution in [0.1, 0.15) is 39.5 Å². The van der Waals surface area contributed by atoms with Crippen LogP contribution >= 0.6 is 0 Å². The van der Waals surface area contributed by atoms with Crippen LogP contribution in [0.4, 0.5) is 11.4 Å². The Hall–Kier alpha value is -1.42. The summed E-state index contributed by atoms with van der Waals surface area (Å²) < 4.78 is 5.72. The summed E-state index contributed by atoms with van der Waals surface area (Å²) in [5, 5.41) is 3.48. The van der Waals surface area contributed by atoms with Gasteiger partial charge in [0.15, 0.2) is 0 Å². The van der Waals surface area contributed by atoms with Crippen molar-refractivity contribution in [1.82, 2.24) is 4.90 Å². The Morgan fingerprint density at radius 2 is 1.90 bits per heavy atom. The molecule has 0 saturated carbocycles. The number of likely N-dealkylation sites (tertiary alicyclic amines) is 1. The van der Waals surface area contributed by atoms with Gasteiger partial charge in [0, 0.05) is 24.8 Å². The highest BCUT2D eigenvalue weighted by molar-refractivity contribution is 5.61. The van der Waals surface area contributed by atoms with E-state index in [0.717, 1.165) is 24.5 Å². The maximum Gasteiger partial charge on any atom is 0.144 e. The first kappa shape index (κ1) is 16.0. The van der Waals surface area contributed by atoms with E-state index in [4.69, 9.17) is 10.5 Å². The summed E-state index contributed by atoms with van der Waals surface area (Å²) in [4.78, 5) is 2.56. The second-order valence-electron chi connectivity index (χ2n) is 6.10. The smallest absolute Gasteiger partial charge is 0.144 e. The van der Waals surface area contributed by atoms with Gasteiger partial charge in [0.1, 0.15) is 5.75 Å². The van der Waals surface area contributed by atoms with Crippen molar-refractivity contribution in [3.8, 4) is 5.75 Å². The van der Waals surface area contributed by atoms with Crippen LogP contribution in [0.5, 0.6) is 5.75 Å². The van der Waals surface area contributed by atoms with Gasteiger partial charge in [-0.2, -0.15) is 0 Å². The average molecular weight is 291 g/mol. The normalized spacial score (nSPS) is 16.7. The van der Waals surface area contributed by atoms with Crippen molar-refractivity contribution in [2.24, 2.45) is 0 Å². The first-order valence-corrected chi connectivity index (χ1v) is 8.17. The minimum absolute atomic E-state index is 0.139. The molecule has 1 aliphatic heterocycles. The van der Waals surface area contributed by atoms with E-state index in [9.17, 15) is 0 Å². The molecular formula is C17H29N3O. The van der Waals surface area contributed by atoms with Crippen molar-refractivity contribution in [3.05, 3.63) is 18.2 Å². The number of nitrogens with one attached hydrogen (secondary N) is 1. The largest absolute Gasteiger partial charge is 0.489 e. The number of hydrogen-bond donors (Lipinski definition) is 2. The van der Waals surface area contributed by atoms with Crippen molar-refractivity contribution in [2.75, 3.05) is 37.2 Å². The van der Waals surface area contributed by atoms with E-state index >= 15 is 0 Å². The summed E-state index contributed by atoms with van der Waals surface area (Å²) >= 11 is 0. The van der Waals surface area contributed by atoms with Gasteiger partial charge in [-0.15, -0.1) is 0 Å². The quantitative estimate of drug-likeness (QED) is 0.789. The fourth-order valence-electron chi connectivity index (χ4n) is 2.72. The number of nitrogens with two attached hydrogens (primary N) is 1. The second-order valence-corrected chi connectivity index (χ2v) is 6.10. The minimum Gasteiger partial charge on any atom is -0.489 e. The molecular weight excluding hydrogens is 262 g/mol. The Morgan fingerprint density at radius 3 is 2.57 bits per heavy atom. The Kier molecular flexibility index (Phi) is 6.18. The topological polar surface area (TPSA) is 50.5 Å². The van der Waals surface area contributed by atoms with E-state index in [-0.39, 0.29) is 6.10 Å². The molecule has 0 radical (unpaired) electrons. The lowest BCUT2D eigenvalue weighted by Gasteiger charge is -2.20. The Balaban J connectivity index is 1.82. The summed E-state index contributed by atoms with van der Waals surface area (Å²) in [6, 6.07) is 5.93. The molecule has 4 nitrogen and oxygen atoms in total. The summed E-state index contributed by atoms with van der Waals surface area (Å²) in [7, 11) is 0. The molecule has 0 atom stereocenters. The number of nitrogen functional groups attached to an aromatic ring is 1. The van der Waals surface area contributed by atoms with Gasteiger partial charge in [0.05, 0.1) is 11.8 Å². The Morgan fingerprint density at radius 1 is 1.19 bits per heavy atom. The molecule has 1 saturated heterocycles. The van der Waals surface area contributed by atoms with Crippen LogP contribution in [0.2, 0.25) is 0 Å². The fourth-order valence-corrected chi connectivity index (χ4v) is 2.72. The van der Waals surface area contributed by atoms with Crippen LogP contribution in [0.3, 0.4) is 0 Å². The fraction of sp³-hybridized carbons (Fsp3) is 0.647. The van der Waals surface area contributed by atoms with Gasteiger partial charge >= 0.3 is 0 Å². The Labute approximate surface area is 128 Å². The molecule has 1 fully saturated rings. The van der Waals surface area contributed by atoms with Crippen LogP contribution < -0.4 is 15.8 Å². The zero-order chi connectivity index (χ0) is 15.1. The van der Waals surface area contributed by atoms with Crippen molar-refractivity contribution >= 4 is 11.4 Å². The zero-order valence-corrected chi connectivity index (χ0v) is 13.4.